The van der Waals surface area contributed by atoms with Gasteiger partial charge in [-0.2, -0.15) is 4.98 Å². The van der Waals surface area contributed by atoms with E-state index in [9.17, 15) is 24.6 Å². The maximum Gasteiger partial charge on any atom is 0.351 e. The summed E-state index contributed by atoms with van der Waals surface area (Å²) in [5.41, 5.74) is 1.38. The van der Waals surface area contributed by atoms with Gasteiger partial charge in [-0.25, -0.2) is 4.79 Å². The van der Waals surface area contributed by atoms with Gasteiger partial charge in [-0.1, -0.05) is 18.2 Å². The third-order valence-electron chi connectivity index (χ3n) is 6.63. The van der Waals surface area contributed by atoms with Gasteiger partial charge < -0.3 is 30.3 Å². The number of nitrogens with zero attached hydrogens (tertiary/aromatic N) is 3. The summed E-state index contributed by atoms with van der Waals surface area (Å²) in [5, 5.41) is 25.7. The number of para-hydroxylation sites is 1. The zero-order valence-electron chi connectivity index (χ0n) is 19.5. The van der Waals surface area contributed by atoms with E-state index in [1.165, 1.54) is 15.7 Å². The number of nitrogens with one attached hydrogen (secondary N) is 2. The molecular weight excluding hydrogens is 482 g/mol. The van der Waals surface area contributed by atoms with E-state index in [1.54, 1.807) is 42.5 Å². The Hall–Kier alpha value is -4.26. The fourth-order valence-electron chi connectivity index (χ4n) is 4.75. The first kappa shape index (κ1) is 23.2. The molecule has 1 fully saturated rings. The number of amides is 2. The second-order valence-corrected chi connectivity index (χ2v) is 8.90. The summed E-state index contributed by atoms with van der Waals surface area (Å²) in [6.45, 7) is 0.0936. The first-order chi connectivity index (χ1) is 17.9. The lowest BCUT2D eigenvalue weighted by molar-refractivity contribution is -0.0459. The number of fused-ring (bicyclic) bond motifs is 3. The zero-order valence-corrected chi connectivity index (χ0v) is 19.5. The van der Waals surface area contributed by atoms with Crippen molar-refractivity contribution >= 4 is 29.0 Å². The molecule has 190 valence electrons. The van der Waals surface area contributed by atoms with Crippen molar-refractivity contribution in [2.75, 3.05) is 30.3 Å². The zero-order chi connectivity index (χ0) is 25.7. The number of aromatic nitrogens is 2. The van der Waals surface area contributed by atoms with E-state index in [2.05, 4.69) is 15.6 Å². The fourth-order valence-corrected chi connectivity index (χ4v) is 4.75. The Morgan fingerprint density at radius 1 is 1.05 bits per heavy atom. The summed E-state index contributed by atoms with van der Waals surface area (Å²) >= 11 is 0. The molecule has 0 bridgehead atoms. The lowest BCUT2D eigenvalue weighted by atomic mass is 10.1. The summed E-state index contributed by atoms with van der Waals surface area (Å²) in [7, 11) is 0. The largest absolute Gasteiger partial charge is 0.450 e. The van der Waals surface area contributed by atoms with Gasteiger partial charge in [0.1, 0.15) is 18.0 Å². The van der Waals surface area contributed by atoms with Crippen molar-refractivity contribution in [3.63, 3.8) is 0 Å². The van der Waals surface area contributed by atoms with Crippen molar-refractivity contribution in [2.45, 2.75) is 24.9 Å². The molecule has 1 aromatic heterocycles. The molecular formula is C25H23N5O7. The van der Waals surface area contributed by atoms with E-state index in [1.807, 2.05) is 0 Å². The summed E-state index contributed by atoms with van der Waals surface area (Å²) in [5.74, 6) is 0.335. The third-order valence-corrected chi connectivity index (χ3v) is 6.63. The van der Waals surface area contributed by atoms with Crippen LogP contribution in [0.3, 0.4) is 0 Å². The van der Waals surface area contributed by atoms with Crippen LogP contribution < -0.4 is 21.1 Å². The summed E-state index contributed by atoms with van der Waals surface area (Å²) in [6.07, 6.45) is -0.859. The Morgan fingerprint density at radius 2 is 1.81 bits per heavy atom. The molecule has 1 saturated heterocycles. The van der Waals surface area contributed by atoms with Crippen LogP contribution in [-0.4, -0.2) is 68.4 Å². The number of imide groups is 1. The van der Waals surface area contributed by atoms with Gasteiger partial charge in [0.2, 0.25) is 0 Å². The molecule has 12 nitrogen and oxygen atoms in total. The van der Waals surface area contributed by atoms with Crippen LogP contribution in [0, 0.1) is 0 Å². The molecule has 37 heavy (non-hydrogen) atoms. The molecule has 2 aromatic carbocycles. The molecule has 4 heterocycles. The van der Waals surface area contributed by atoms with E-state index in [0.29, 0.717) is 40.5 Å². The van der Waals surface area contributed by atoms with Crippen molar-refractivity contribution in [1.82, 2.24) is 14.5 Å². The lowest BCUT2D eigenvalue weighted by Gasteiger charge is -2.25. The van der Waals surface area contributed by atoms with Crippen molar-refractivity contribution < 1.29 is 29.3 Å². The van der Waals surface area contributed by atoms with Gasteiger partial charge in [0, 0.05) is 19.5 Å². The van der Waals surface area contributed by atoms with Crippen LogP contribution in [-0.2, 0) is 4.74 Å². The minimum absolute atomic E-state index is 0.136. The minimum Gasteiger partial charge on any atom is -0.450 e. The van der Waals surface area contributed by atoms with Crippen molar-refractivity contribution in [2.24, 2.45) is 0 Å². The number of rotatable bonds is 6. The molecule has 3 atom stereocenters. The predicted octanol–water partition coefficient (Wildman–Crippen LogP) is 1.44. The van der Waals surface area contributed by atoms with E-state index in [4.69, 9.17) is 9.47 Å². The molecule has 3 aliphatic heterocycles. The van der Waals surface area contributed by atoms with Crippen molar-refractivity contribution in [3.05, 3.63) is 70.3 Å². The quantitative estimate of drug-likeness (QED) is 0.283. The Kier molecular flexibility index (Phi) is 5.63. The Labute approximate surface area is 210 Å². The monoisotopic (exact) mass is 505 g/mol. The second kappa shape index (κ2) is 9.00. The summed E-state index contributed by atoms with van der Waals surface area (Å²) in [4.78, 5) is 43.2. The minimum atomic E-state index is -0.897. The number of hydrogen-bond donors (Lipinski definition) is 4. The number of benzene rings is 2. The molecule has 3 aromatic rings. The number of anilines is 3. The third kappa shape index (κ3) is 3.91. The van der Waals surface area contributed by atoms with E-state index < -0.39 is 24.1 Å². The SMILES string of the molecule is O=C1c2ccccc2C(=O)N1CCNc1cccc2c1Nc1nc(=O)n(C3CC(O)C(CO)O3)cc1O2. The fraction of sp³-hybridized carbons (Fsp3) is 0.280. The van der Waals surface area contributed by atoms with Gasteiger partial charge in [0.25, 0.3) is 11.8 Å². The topological polar surface area (TPSA) is 155 Å². The Morgan fingerprint density at radius 3 is 2.51 bits per heavy atom. The van der Waals surface area contributed by atoms with Crippen LogP contribution in [0.25, 0.3) is 0 Å². The van der Waals surface area contributed by atoms with Crippen LogP contribution in [0.15, 0.2) is 53.5 Å². The number of aliphatic hydroxyl groups excluding tert-OH is 2. The highest BCUT2D eigenvalue weighted by Gasteiger charge is 2.36. The van der Waals surface area contributed by atoms with Crippen LogP contribution in [0.5, 0.6) is 11.5 Å². The lowest BCUT2D eigenvalue weighted by Crippen LogP contribution is -2.34. The van der Waals surface area contributed by atoms with E-state index >= 15 is 0 Å². The van der Waals surface area contributed by atoms with Gasteiger partial charge in [-0.15, -0.1) is 0 Å². The van der Waals surface area contributed by atoms with Crippen LogP contribution in [0.2, 0.25) is 0 Å². The molecule has 0 saturated carbocycles. The van der Waals surface area contributed by atoms with E-state index in [0.717, 1.165) is 0 Å². The number of carbonyl (C=O) groups excluding carboxylic acids is 2. The first-order valence-electron chi connectivity index (χ1n) is 11.8. The number of aliphatic hydroxyl groups is 2. The van der Waals surface area contributed by atoms with Crippen molar-refractivity contribution in [3.8, 4) is 11.5 Å². The maximum atomic E-state index is 12.7. The molecule has 0 radical (unpaired) electrons. The molecule has 0 spiro atoms. The summed E-state index contributed by atoms with van der Waals surface area (Å²) in [6, 6.07) is 12.1. The summed E-state index contributed by atoms with van der Waals surface area (Å²) < 4.78 is 12.8. The molecule has 3 unspecified atom stereocenters. The second-order valence-electron chi connectivity index (χ2n) is 8.90. The number of ether oxygens (including phenoxy) is 2. The van der Waals surface area contributed by atoms with Gasteiger partial charge in [0.05, 0.1) is 35.7 Å². The van der Waals surface area contributed by atoms with Crippen LogP contribution in [0.1, 0.15) is 33.4 Å². The Bertz CT molecular complexity index is 1440. The Balaban J connectivity index is 1.17. The van der Waals surface area contributed by atoms with Gasteiger partial charge in [-0.3, -0.25) is 19.1 Å². The van der Waals surface area contributed by atoms with Crippen LogP contribution >= 0.6 is 0 Å². The normalized spacial score (nSPS) is 21.7. The average molecular weight is 505 g/mol. The van der Waals surface area contributed by atoms with Gasteiger partial charge in [-0.05, 0) is 24.3 Å². The number of hydrogen-bond acceptors (Lipinski definition) is 10. The van der Waals surface area contributed by atoms with Crippen molar-refractivity contribution in [1.29, 1.82) is 0 Å². The molecule has 0 aliphatic carbocycles. The molecule has 6 rings (SSSR count). The van der Waals surface area contributed by atoms with Gasteiger partial charge in [0.15, 0.2) is 17.3 Å². The maximum absolute atomic E-state index is 12.7. The molecule has 4 N–H and O–H groups in total. The van der Waals surface area contributed by atoms with E-state index in [-0.39, 0.29) is 37.2 Å². The highest BCUT2D eigenvalue weighted by molar-refractivity contribution is 6.21. The average Bonchev–Trinajstić information content (AvgIpc) is 3.39. The highest BCUT2D eigenvalue weighted by atomic mass is 16.5. The molecule has 3 aliphatic rings. The first-order valence-corrected chi connectivity index (χ1v) is 11.8. The molecule has 2 amide bonds. The van der Waals surface area contributed by atoms with Gasteiger partial charge >= 0.3 is 5.69 Å². The van der Waals surface area contributed by atoms with Crippen LogP contribution in [0.4, 0.5) is 17.2 Å². The predicted molar refractivity (Wildman–Crippen MR) is 130 cm³/mol. The number of carbonyl (C=O) groups is 2. The highest BCUT2D eigenvalue weighted by Crippen LogP contribution is 2.44. The smallest absolute Gasteiger partial charge is 0.351 e. The molecule has 12 heteroatoms. The standard InChI is InChI=1S/C25H23N5O7/c31-12-19-16(32)10-20(37-19)30-11-18-22(28-25(30)35)27-21-15(6-3-7-17(21)36-18)26-8-9-29-23(33)13-4-1-2-5-14(13)24(29)34/h1-7,11,16,19-20,26,31-32H,8-10,12H2,(H,27,28,35).